The van der Waals surface area contributed by atoms with E-state index in [9.17, 15) is 9.59 Å². The van der Waals surface area contributed by atoms with E-state index < -0.39 is 0 Å². The van der Waals surface area contributed by atoms with Crippen molar-refractivity contribution in [3.05, 3.63) is 42.5 Å². The Balaban J connectivity index is 2.57. The lowest BCUT2D eigenvalue weighted by Gasteiger charge is -2.04. The van der Waals surface area contributed by atoms with Crippen LogP contribution in [0.3, 0.4) is 0 Å². The molecule has 17 heavy (non-hydrogen) atoms. The first-order valence-electron chi connectivity index (χ1n) is 5.23. The van der Waals surface area contributed by atoms with Crippen molar-refractivity contribution in [3.8, 4) is 0 Å². The maximum atomic E-state index is 11.6. The van der Waals surface area contributed by atoms with E-state index in [1.165, 1.54) is 6.92 Å². The molecule has 1 rings (SSSR count). The van der Waals surface area contributed by atoms with E-state index in [-0.39, 0.29) is 18.3 Å². The van der Waals surface area contributed by atoms with E-state index in [4.69, 9.17) is 4.74 Å². The highest BCUT2D eigenvalue weighted by Crippen LogP contribution is 2.10. The van der Waals surface area contributed by atoms with Gasteiger partial charge in [0.2, 0.25) is 5.91 Å². The van der Waals surface area contributed by atoms with Gasteiger partial charge in [-0.15, -0.1) is 6.58 Å². The molecule has 0 radical (unpaired) electrons. The molecular formula is C13H15NO3. The number of ketones is 1. The molecule has 90 valence electrons. The van der Waals surface area contributed by atoms with Gasteiger partial charge in [0.1, 0.15) is 6.61 Å². The van der Waals surface area contributed by atoms with Gasteiger partial charge >= 0.3 is 0 Å². The molecule has 0 atom stereocenters. The normalized spacial score (nSPS) is 9.71. The van der Waals surface area contributed by atoms with E-state index >= 15 is 0 Å². The van der Waals surface area contributed by atoms with Crippen LogP contribution in [0.25, 0.3) is 0 Å². The summed E-state index contributed by atoms with van der Waals surface area (Å²) in [5.74, 6) is -0.236. The highest BCUT2D eigenvalue weighted by Gasteiger charge is 2.05. The Morgan fingerprint density at radius 2 is 2.00 bits per heavy atom. The van der Waals surface area contributed by atoms with Crippen LogP contribution in [0.2, 0.25) is 0 Å². The summed E-state index contributed by atoms with van der Waals surface area (Å²) < 4.78 is 5.06. The van der Waals surface area contributed by atoms with E-state index in [0.717, 1.165) is 0 Å². The van der Waals surface area contributed by atoms with E-state index in [0.29, 0.717) is 17.9 Å². The summed E-state index contributed by atoms with van der Waals surface area (Å²) in [6.45, 7) is 5.32. The predicted octanol–water partition coefficient (Wildman–Crippen LogP) is 2.03. The number of benzene rings is 1. The van der Waals surface area contributed by atoms with Gasteiger partial charge in [0.05, 0.1) is 6.61 Å². The second kappa shape index (κ2) is 6.60. The minimum atomic E-state index is -0.140. The number of nitrogens with one attached hydrogen (secondary N) is 1. The van der Waals surface area contributed by atoms with Gasteiger partial charge in [-0.25, -0.2) is 0 Å². The summed E-state index contributed by atoms with van der Waals surface area (Å²) in [6.07, 6.45) is 1.59. The van der Waals surface area contributed by atoms with Crippen LogP contribution in [0.4, 0.5) is 5.69 Å². The van der Waals surface area contributed by atoms with Crippen molar-refractivity contribution < 1.29 is 14.3 Å². The van der Waals surface area contributed by atoms with Crippen LogP contribution in [0.5, 0.6) is 0 Å². The van der Waals surface area contributed by atoms with E-state index in [1.807, 2.05) is 0 Å². The first-order valence-corrected chi connectivity index (χ1v) is 5.23. The standard InChI is InChI=1S/C13H15NO3/c1-3-8-17-9-13(16)11-4-6-12(7-5-11)14-10(2)15/h3-7H,1,8-9H2,2H3,(H,14,15). The maximum Gasteiger partial charge on any atom is 0.221 e. The molecule has 0 saturated carbocycles. The second-order valence-electron chi connectivity index (χ2n) is 3.49. The first kappa shape index (κ1) is 13.1. The first-order chi connectivity index (χ1) is 8.13. The third kappa shape index (κ3) is 4.61. The zero-order valence-electron chi connectivity index (χ0n) is 9.73. The minimum Gasteiger partial charge on any atom is -0.369 e. The van der Waals surface area contributed by atoms with Gasteiger partial charge in [0, 0.05) is 18.2 Å². The van der Waals surface area contributed by atoms with Crippen molar-refractivity contribution >= 4 is 17.4 Å². The van der Waals surface area contributed by atoms with Crippen LogP contribution in [-0.4, -0.2) is 24.9 Å². The van der Waals surface area contributed by atoms with Gasteiger partial charge in [-0.1, -0.05) is 6.08 Å². The fourth-order valence-electron chi connectivity index (χ4n) is 1.26. The molecule has 0 aliphatic rings. The molecule has 0 aromatic heterocycles. The molecular weight excluding hydrogens is 218 g/mol. The monoisotopic (exact) mass is 233 g/mol. The quantitative estimate of drug-likeness (QED) is 0.464. The molecule has 0 heterocycles. The van der Waals surface area contributed by atoms with Crippen molar-refractivity contribution in [2.45, 2.75) is 6.92 Å². The molecule has 0 aliphatic heterocycles. The summed E-state index contributed by atoms with van der Waals surface area (Å²) in [4.78, 5) is 22.4. The Kier molecular flexibility index (Phi) is 5.10. The van der Waals surface area contributed by atoms with Crippen LogP contribution >= 0.6 is 0 Å². The van der Waals surface area contributed by atoms with Crippen LogP contribution in [0.1, 0.15) is 17.3 Å². The summed E-state index contributed by atoms with van der Waals surface area (Å²) in [5.41, 5.74) is 1.23. The summed E-state index contributed by atoms with van der Waals surface area (Å²) >= 11 is 0. The molecule has 0 aliphatic carbocycles. The van der Waals surface area contributed by atoms with E-state index in [1.54, 1.807) is 30.3 Å². The third-order valence-corrected chi connectivity index (χ3v) is 2.00. The molecule has 0 unspecified atom stereocenters. The van der Waals surface area contributed by atoms with Crippen molar-refractivity contribution in [3.63, 3.8) is 0 Å². The van der Waals surface area contributed by atoms with Crippen LogP contribution in [-0.2, 0) is 9.53 Å². The number of rotatable bonds is 6. The topological polar surface area (TPSA) is 55.4 Å². The number of carbonyl (C=O) groups is 2. The van der Waals surface area contributed by atoms with Gasteiger partial charge in [0.25, 0.3) is 0 Å². The molecule has 0 spiro atoms. The lowest BCUT2D eigenvalue weighted by atomic mass is 10.1. The Hall–Kier alpha value is -1.94. The maximum absolute atomic E-state index is 11.6. The van der Waals surface area contributed by atoms with Gasteiger partial charge < -0.3 is 10.1 Å². The molecule has 1 amide bonds. The average molecular weight is 233 g/mol. The van der Waals surface area contributed by atoms with Gasteiger partial charge in [-0.05, 0) is 24.3 Å². The SMILES string of the molecule is C=CCOCC(=O)c1ccc(NC(C)=O)cc1. The number of hydrogen-bond donors (Lipinski definition) is 1. The Morgan fingerprint density at radius 1 is 1.35 bits per heavy atom. The largest absolute Gasteiger partial charge is 0.369 e. The van der Waals surface area contributed by atoms with Gasteiger partial charge in [-0.3, -0.25) is 9.59 Å². The number of ether oxygens (including phenoxy) is 1. The molecule has 1 aromatic carbocycles. The van der Waals surface area contributed by atoms with Crippen molar-refractivity contribution in [2.75, 3.05) is 18.5 Å². The lowest BCUT2D eigenvalue weighted by molar-refractivity contribution is -0.114. The highest BCUT2D eigenvalue weighted by atomic mass is 16.5. The molecule has 0 fully saturated rings. The summed E-state index contributed by atoms with van der Waals surface area (Å²) in [5, 5.41) is 2.63. The van der Waals surface area contributed by atoms with E-state index in [2.05, 4.69) is 11.9 Å². The van der Waals surface area contributed by atoms with Crippen LogP contribution < -0.4 is 5.32 Å². The fraction of sp³-hybridized carbons (Fsp3) is 0.231. The number of anilines is 1. The predicted molar refractivity (Wildman–Crippen MR) is 66.1 cm³/mol. The molecule has 4 nitrogen and oxygen atoms in total. The van der Waals surface area contributed by atoms with Crippen LogP contribution in [0.15, 0.2) is 36.9 Å². The zero-order valence-corrected chi connectivity index (χ0v) is 9.73. The second-order valence-corrected chi connectivity index (χ2v) is 3.49. The smallest absolute Gasteiger partial charge is 0.221 e. The average Bonchev–Trinajstić information content (AvgIpc) is 2.29. The highest BCUT2D eigenvalue weighted by molar-refractivity contribution is 5.97. The van der Waals surface area contributed by atoms with Gasteiger partial charge in [0.15, 0.2) is 5.78 Å². The number of amides is 1. The summed E-state index contributed by atoms with van der Waals surface area (Å²) in [7, 11) is 0. The number of Topliss-reactive ketones (excluding diaryl/α,β-unsaturated/α-hetero) is 1. The molecule has 1 aromatic rings. The van der Waals surface area contributed by atoms with Crippen molar-refractivity contribution in [2.24, 2.45) is 0 Å². The molecule has 4 heteroatoms. The molecule has 0 bridgehead atoms. The van der Waals surface area contributed by atoms with Crippen molar-refractivity contribution in [1.29, 1.82) is 0 Å². The minimum absolute atomic E-state index is 0.0332. The Labute approximate surface area is 100 Å². The number of carbonyl (C=O) groups excluding carboxylic acids is 2. The zero-order chi connectivity index (χ0) is 12.7. The lowest BCUT2D eigenvalue weighted by Crippen LogP contribution is -2.10. The Bertz CT molecular complexity index is 409. The Morgan fingerprint density at radius 3 is 2.53 bits per heavy atom. The van der Waals surface area contributed by atoms with Crippen LogP contribution in [0, 0.1) is 0 Å². The molecule has 0 saturated heterocycles. The molecule has 1 N–H and O–H groups in total. The summed E-state index contributed by atoms with van der Waals surface area (Å²) in [6, 6.07) is 6.68. The third-order valence-electron chi connectivity index (χ3n) is 2.00. The fourth-order valence-corrected chi connectivity index (χ4v) is 1.26. The van der Waals surface area contributed by atoms with Gasteiger partial charge in [-0.2, -0.15) is 0 Å². The number of hydrogen-bond acceptors (Lipinski definition) is 3. The van der Waals surface area contributed by atoms with Crippen molar-refractivity contribution in [1.82, 2.24) is 0 Å².